The number of carbonyl (C=O) groups excluding carboxylic acids is 2. The van der Waals surface area contributed by atoms with Crippen LogP contribution in [0.4, 0.5) is 22.7 Å². The number of nitro groups is 4. The van der Waals surface area contributed by atoms with E-state index in [9.17, 15) is 50.0 Å². The average molecular weight is 599 g/mol. The van der Waals surface area contributed by atoms with Crippen molar-refractivity contribution in [2.75, 3.05) is 13.1 Å². The molecule has 0 spiro atoms. The van der Waals surface area contributed by atoms with Gasteiger partial charge in [0.2, 0.25) is 0 Å². The predicted octanol–water partition coefficient (Wildman–Crippen LogP) is 4.53. The van der Waals surface area contributed by atoms with Crippen LogP contribution in [0.1, 0.15) is 32.7 Å². The van der Waals surface area contributed by atoms with Gasteiger partial charge in [0.05, 0.1) is 49.0 Å². The van der Waals surface area contributed by atoms with Crippen molar-refractivity contribution in [2.24, 2.45) is 0 Å². The third-order valence-corrected chi connectivity index (χ3v) is 6.77. The average Bonchev–Trinajstić information content (AvgIpc) is 3.44. The van der Waals surface area contributed by atoms with E-state index in [1.807, 2.05) is 0 Å². The second-order valence-electron chi connectivity index (χ2n) is 9.26. The van der Waals surface area contributed by atoms with Crippen molar-refractivity contribution in [1.82, 2.24) is 9.80 Å². The maximum atomic E-state index is 13.8. The standard InChI is InChI=1S/C25H19ClN6O10/c26-18-3-1-2-15(6-18)13-28(25(34)17-9-22(31(39)40)12-23(10-17)32(41)42)19-4-5-27(14-19)24(33)16-7-20(29(35)36)11-21(8-16)30(37)38/h1-3,6-12,19H,4-5,13-14H2/t19-/m1/s1. The molecule has 0 unspecified atom stereocenters. The number of halogens is 1. The highest BCUT2D eigenvalue weighted by molar-refractivity contribution is 6.30. The van der Waals surface area contributed by atoms with Gasteiger partial charge in [0.15, 0.2) is 0 Å². The molecule has 17 heteroatoms. The Morgan fingerprint density at radius 3 is 1.76 bits per heavy atom. The SMILES string of the molecule is O=C(c1cc([N+](=O)[O-])cc([N+](=O)[O-])c1)N1CC[C@@H](N(Cc2cccc(Cl)c2)C(=O)c2cc([N+](=O)[O-])cc([N+](=O)[O-])c2)C1. The molecule has 1 heterocycles. The minimum absolute atomic E-state index is 0.0639. The predicted molar refractivity (Wildman–Crippen MR) is 145 cm³/mol. The van der Waals surface area contributed by atoms with E-state index in [1.165, 1.54) is 9.80 Å². The van der Waals surface area contributed by atoms with E-state index in [4.69, 9.17) is 11.6 Å². The lowest BCUT2D eigenvalue weighted by atomic mass is 10.1. The fraction of sp³-hybridized carbons (Fsp3) is 0.200. The van der Waals surface area contributed by atoms with Crippen molar-refractivity contribution in [3.05, 3.63) is 123 Å². The molecule has 0 bridgehead atoms. The summed E-state index contributed by atoms with van der Waals surface area (Å²) in [5.41, 5.74) is -2.66. The molecule has 16 nitrogen and oxygen atoms in total. The fourth-order valence-electron chi connectivity index (χ4n) is 4.59. The molecule has 0 aromatic heterocycles. The number of hydrogen-bond donors (Lipinski definition) is 0. The lowest BCUT2D eigenvalue weighted by molar-refractivity contribution is -0.394. The molecule has 0 N–H and O–H groups in total. The fourth-order valence-corrected chi connectivity index (χ4v) is 4.80. The molecular weight excluding hydrogens is 580 g/mol. The first kappa shape index (κ1) is 29.5. The second kappa shape index (κ2) is 11.9. The molecule has 1 fully saturated rings. The summed E-state index contributed by atoms with van der Waals surface area (Å²) in [5, 5.41) is 45.7. The highest BCUT2D eigenvalue weighted by atomic mass is 35.5. The maximum Gasteiger partial charge on any atom is 0.277 e. The van der Waals surface area contributed by atoms with Gasteiger partial charge in [-0.2, -0.15) is 0 Å². The zero-order valence-electron chi connectivity index (χ0n) is 21.3. The van der Waals surface area contributed by atoms with Crippen molar-refractivity contribution in [3.63, 3.8) is 0 Å². The van der Waals surface area contributed by atoms with Crippen LogP contribution in [0.3, 0.4) is 0 Å². The Morgan fingerprint density at radius 1 is 0.786 bits per heavy atom. The van der Waals surface area contributed by atoms with Crippen LogP contribution in [0, 0.1) is 40.5 Å². The zero-order chi connectivity index (χ0) is 30.7. The van der Waals surface area contributed by atoms with Crippen LogP contribution >= 0.6 is 11.6 Å². The Morgan fingerprint density at radius 2 is 1.29 bits per heavy atom. The molecule has 2 amide bonds. The molecule has 3 aromatic rings. The number of hydrogen-bond acceptors (Lipinski definition) is 10. The van der Waals surface area contributed by atoms with Gasteiger partial charge in [0, 0.05) is 48.9 Å². The maximum absolute atomic E-state index is 13.8. The van der Waals surface area contributed by atoms with E-state index in [2.05, 4.69) is 0 Å². The quantitative estimate of drug-likeness (QED) is 0.248. The van der Waals surface area contributed by atoms with Crippen molar-refractivity contribution in [1.29, 1.82) is 0 Å². The van der Waals surface area contributed by atoms with Gasteiger partial charge in [-0.05, 0) is 24.1 Å². The summed E-state index contributed by atoms with van der Waals surface area (Å²) in [4.78, 5) is 71.5. The molecule has 216 valence electrons. The largest absolute Gasteiger partial charge is 0.336 e. The van der Waals surface area contributed by atoms with Crippen LogP contribution in [0.5, 0.6) is 0 Å². The topological polar surface area (TPSA) is 213 Å². The van der Waals surface area contributed by atoms with Crippen LogP contribution in [0.15, 0.2) is 60.7 Å². The molecule has 1 saturated heterocycles. The number of amides is 2. The van der Waals surface area contributed by atoms with E-state index in [0.717, 1.165) is 36.4 Å². The van der Waals surface area contributed by atoms with Gasteiger partial charge in [-0.25, -0.2) is 0 Å². The molecule has 0 aliphatic carbocycles. The second-order valence-corrected chi connectivity index (χ2v) is 9.70. The zero-order valence-corrected chi connectivity index (χ0v) is 22.1. The molecule has 4 rings (SSSR count). The van der Waals surface area contributed by atoms with Gasteiger partial charge in [-0.3, -0.25) is 50.0 Å². The lowest BCUT2D eigenvalue weighted by Crippen LogP contribution is -2.42. The van der Waals surface area contributed by atoms with Crippen LogP contribution in [0.2, 0.25) is 5.02 Å². The molecule has 1 atom stereocenters. The number of nitro benzene ring substituents is 4. The number of non-ortho nitro benzene ring substituents is 4. The summed E-state index contributed by atoms with van der Waals surface area (Å²) in [5.74, 6) is -1.53. The number of nitrogens with zero attached hydrogens (tertiary/aromatic N) is 6. The van der Waals surface area contributed by atoms with E-state index >= 15 is 0 Å². The monoisotopic (exact) mass is 598 g/mol. The summed E-state index contributed by atoms with van der Waals surface area (Å²) in [6.45, 7) is -0.113. The van der Waals surface area contributed by atoms with Gasteiger partial charge in [0.1, 0.15) is 0 Å². The number of likely N-dealkylation sites (tertiary alicyclic amines) is 1. The smallest absolute Gasteiger partial charge is 0.277 e. The van der Waals surface area contributed by atoms with Crippen molar-refractivity contribution >= 4 is 46.2 Å². The summed E-state index contributed by atoms with van der Waals surface area (Å²) >= 11 is 6.10. The van der Waals surface area contributed by atoms with Crippen LogP contribution in [-0.4, -0.2) is 60.4 Å². The van der Waals surface area contributed by atoms with Crippen LogP contribution in [0.25, 0.3) is 0 Å². The molecule has 1 aliphatic rings. The van der Waals surface area contributed by atoms with E-state index < -0.39 is 60.3 Å². The van der Waals surface area contributed by atoms with Crippen LogP contribution in [-0.2, 0) is 6.54 Å². The minimum Gasteiger partial charge on any atom is -0.336 e. The van der Waals surface area contributed by atoms with Gasteiger partial charge in [-0.15, -0.1) is 0 Å². The van der Waals surface area contributed by atoms with Gasteiger partial charge < -0.3 is 9.80 Å². The van der Waals surface area contributed by atoms with Gasteiger partial charge in [0.25, 0.3) is 34.6 Å². The highest BCUT2D eigenvalue weighted by Crippen LogP contribution is 2.29. The molecule has 1 aliphatic heterocycles. The van der Waals surface area contributed by atoms with E-state index in [0.29, 0.717) is 10.6 Å². The molecule has 0 radical (unpaired) electrons. The number of rotatable bonds is 9. The lowest BCUT2D eigenvalue weighted by Gasteiger charge is -2.29. The molecule has 3 aromatic carbocycles. The normalized spacial score (nSPS) is 14.3. The van der Waals surface area contributed by atoms with Crippen molar-refractivity contribution < 1.29 is 29.3 Å². The molecule has 0 saturated carbocycles. The van der Waals surface area contributed by atoms with Crippen molar-refractivity contribution in [2.45, 2.75) is 19.0 Å². The summed E-state index contributed by atoms with van der Waals surface area (Å²) in [6.07, 6.45) is 0.200. The van der Waals surface area contributed by atoms with Crippen molar-refractivity contribution in [3.8, 4) is 0 Å². The first-order valence-corrected chi connectivity index (χ1v) is 12.4. The summed E-state index contributed by atoms with van der Waals surface area (Å²) in [7, 11) is 0. The van der Waals surface area contributed by atoms with Gasteiger partial charge in [-0.1, -0.05) is 23.7 Å². The minimum atomic E-state index is -0.862. The van der Waals surface area contributed by atoms with Gasteiger partial charge >= 0.3 is 0 Å². The Hall–Kier alpha value is -5.51. The number of benzene rings is 3. The Kier molecular flexibility index (Phi) is 8.37. The molecular formula is C25H19ClN6O10. The third kappa shape index (κ3) is 6.44. The Labute approximate surface area is 240 Å². The van der Waals surface area contributed by atoms with E-state index in [-0.39, 0.29) is 37.2 Å². The Balaban J connectivity index is 1.68. The van der Waals surface area contributed by atoms with Crippen LogP contribution < -0.4 is 0 Å². The summed E-state index contributed by atoms with van der Waals surface area (Å²) < 4.78 is 0. The number of carbonyl (C=O) groups is 2. The first-order chi connectivity index (χ1) is 19.8. The first-order valence-electron chi connectivity index (χ1n) is 12.1. The highest BCUT2D eigenvalue weighted by Gasteiger charge is 2.35. The third-order valence-electron chi connectivity index (χ3n) is 6.54. The summed E-state index contributed by atoms with van der Waals surface area (Å²) in [6, 6.07) is 10.9. The Bertz CT molecular complexity index is 1580. The van der Waals surface area contributed by atoms with E-state index in [1.54, 1.807) is 24.3 Å². The molecule has 42 heavy (non-hydrogen) atoms.